The minimum absolute atomic E-state index is 0.109. The van der Waals surface area contributed by atoms with Crippen LogP contribution in [-0.2, 0) is 0 Å². The van der Waals surface area contributed by atoms with Crippen LogP contribution in [0.3, 0.4) is 0 Å². The van der Waals surface area contributed by atoms with Crippen molar-refractivity contribution in [2.24, 2.45) is 5.92 Å². The molecule has 2 aromatic carbocycles. The molecule has 3 nitrogen and oxygen atoms in total. The van der Waals surface area contributed by atoms with Gasteiger partial charge in [0.1, 0.15) is 5.75 Å². The number of rotatable bonds is 6. The summed E-state index contributed by atoms with van der Waals surface area (Å²) in [5.74, 6) is 1.28. The van der Waals surface area contributed by atoms with Crippen molar-refractivity contribution in [3.05, 3.63) is 57.2 Å². The van der Waals surface area contributed by atoms with Gasteiger partial charge >= 0.3 is 0 Å². The van der Waals surface area contributed by atoms with E-state index in [1.807, 2.05) is 49.4 Å². The average Bonchev–Trinajstić information content (AvgIpc) is 2.50. The van der Waals surface area contributed by atoms with E-state index in [9.17, 15) is 4.79 Å². The van der Waals surface area contributed by atoms with Gasteiger partial charge in [0.2, 0.25) is 0 Å². The molecule has 1 amide bonds. The molecular weight excluding hydrogens is 401 g/mol. The van der Waals surface area contributed by atoms with Crippen LogP contribution >= 0.6 is 22.6 Å². The van der Waals surface area contributed by atoms with Crippen LogP contribution in [0, 0.1) is 16.4 Å². The zero-order valence-corrected chi connectivity index (χ0v) is 15.9. The summed E-state index contributed by atoms with van der Waals surface area (Å²) in [4.78, 5) is 12.3. The van der Waals surface area contributed by atoms with Gasteiger partial charge < -0.3 is 10.1 Å². The van der Waals surface area contributed by atoms with Crippen LogP contribution in [0.25, 0.3) is 0 Å². The maximum Gasteiger partial charge on any atom is 0.255 e. The molecule has 0 radical (unpaired) electrons. The van der Waals surface area contributed by atoms with E-state index in [2.05, 4.69) is 41.8 Å². The third kappa shape index (κ3) is 5.53. The van der Waals surface area contributed by atoms with E-state index in [0.717, 1.165) is 21.4 Å². The van der Waals surface area contributed by atoms with Gasteiger partial charge in [0.05, 0.1) is 6.61 Å². The summed E-state index contributed by atoms with van der Waals surface area (Å²) in [6, 6.07) is 13.2. The van der Waals surface area contributed by atoms with E-state index < -0.39 is 0 Å². The maximum atomic E-state index is 12.3. The van der Waals surface area contributed by atoms with Crippen molar-refractivity contribution < 1.29 is 9.53 Å². The fourth-order valence-corrected chi connectivity index (χ4v) is 2.53. The van der Waals surface area contributed by atoms with E-state index in [0.29, 0.717) is 18.1 Å². The number of nitrogens with one attached hydrogen (secondary N) is 1. The Morgan fingerprint density at radius 1 is 1.22 bits per heavy atom. The van der Waals surface area contributed by atoms with Crippen LogP contribution in [0.2, 0.25) is 0 Å². The summed E-state index contributed by atoms with van der Waals surface area (Å²) in [6.45, 7) is 7.05. The molecule has 0 bridgehead atoms. The molecule has 2 aromatic rings. The van der Waals surface area contributed by atoms with Crippen molar-refractivity contribution in [2.75, 3.05) is 11.9 Å². The molecule has 0 aliphatic rings. The fourth-order valence-electron chi connectivity index (χ4n) is 2.01. The van der Waals surface area contributed by atoms with E-state index in [4.69, 9.17) is 4.74 Å². The smallest absolute Gasteiger partial charge is 0.255 e. The summed E-state index contributed by atoms with van der Waals surface area (Å²) < 4.78 is 6.81. The highest BCUT2D eigenvalue weighted by Crippen LogP contribution is 2.20. The van der Waals surface area contributed by atoms with Crippen LogP contribution in [0.1, 0.15) is 36.2 Å². The molecule has 0 fully saturated rings. The maximum absolute atomic E-state index is 12.3. The molecule has 0 spiro atoms. The van der Waals surface area contributed by atoms with E-state index in [1.165, 1.54) is 5.56 Å². The van der Waals surface area contributed by atoms with Gasteiger partial charge in [0, 0.05) is 20.9 Å². The Bertz CT molecular complexity index is 683. The molecule has 0 atom stereocenters. The quantitative estimate of drug-likeness (QED) is 0.643. The van der Waals surface area contributed by atoms with Gasteiger partial charge in [0.25, 0.3) is 5.91 Å². The number of carbonyl (C=O) groups is 1. The van der Waals surface area contributed by atoms with Gasteiger partial charge in [-0.2, -0.15) is 0 Å². The highest BCUT2D eigenvalue weighted by atomic mass is 127. The number of amides is 1. The zero-order valence-electron chi connectivity index (χ0n) is 13.7. The number of hydrogen-bond donors (Lipinski definition) is 1. The number of halogens is 1. The van der Waals surface area contributed by atoms with Gasteiger partial charge in [0.15, 0.2) is 0 Å². The number of hydrogen-bond acceptors (Lipinski definition) is 2. The van der Waals surface area contributed by atoms with Crippen molar-refractivity contribution in [2.45, 2.75) is 27.2 Å². The van der Waals surface area contributed by atoms with Crippen molar-refractivity contribution in [1.29, 1.82) is 0 Å². The van der Waals surface area contributed by atoms with Crippen LogP contribution in [0.5, 0.6) is 5.75 Å². The van der Waals surface area contributed by atoms with Gasteiger partial charge in [-0.15, -0.1) is 0 Å². The Labute approximate surface area is 151 Å². The lowest BCUT2D eigenvalue weighted by molar-refractivity contribution is 0.102. The summed E-state index contributed by atoms with van der Waals surface area (Å²) in [7, 11) is 0. The van der Waals surface area contributed by atoms with Crippen LogP contribution in [-0.4, -0.2) is 12.5 Å². The van der Waals surface area contributed by atoms with Gasteiger partial charge in [-0.05, 0) is 71.7 Å². The van der Waals surface area contributed by atoms with E-state index in [1.54, 1.807) is 0 Å². The van der Waals surface area contributed by atoms with Crippen molar-refractivity contribution >= 4 is 34.2 Å². The minimum Gasteiger partial charge on any atom is -0.494 e. The number of aryl methyl sites for hydroxylation is 1. The molecule has 0 saturated heterocycles. The Balaban J connectivity index is 2.01. The lowest BCUT2D eigenvalue weighted by Gasteiger charge is -2.10. The standard InChI is InChI=1S/C19H22INO2/c1-13(2)9-10-23-17-6-4-5-16(12-17)21-19(22)15-8-7-14(3)18(20)11-15/h4-8,11-13H,9-10H2,1-3H3,(H,21,22). The molecule has 0 aromatic heterocycles. The second-order valence-corrected chi connectivity index (χ2v) is 7.14. The normalized spacial score (nSPS) is 10.7. The molecule has 0 aliphatic heterocycles. The third-order valence-electron chi connectivity index (χ3n) is 3.49. The highest BCUT2D eigenvalue weighted by Gasteiger charge is 2.08. The predicted octanol–water partition coefficient (Wildman–Crippen LogP) is 5.28. The Kier molecular flexibility index (Phi) is 6.45. The van der Waals surface area contributed by atoms with Gasteiger partial charge in [-0.3, -0.25) is 4.79 Å². The van der Waals surface area contributed by atoms with Crippen molar-refractivity contribution in [3.63, 3.8) is 0 Å². The Hall–Kier alpha value is -1.56. The molecule has 2 rings (SSSR count). The zero-order chi connectivity index (χ0) is 16.8. The second-order valence-electron chi connectivity index (χ2n) is 5.98. The molecular formula is C19H22INO2. The third-order valence-corrected chi connectivity index (χ3v) is 4.65. The van der Waals surface area contributed by atoms with E-state index >= 15 is 0 Å². The van der Waals surface area contributed by atoms with Crippen molar-refractivity contribution in [1.82, 2.24) is 0 Å². The lowest BCUT2D eigenvalue weighted by Crippen LogP contribution is -2.12. The molecule has 1 N–H and O–H groups in total. The first-order chi connectivity index (χ1) is 11.0. The number of ether oxygens (including phenoxy) is 1. The molecule has 0 heterocycles. The Morgan fingerprint density at radius 3 is 2.70 bits per heavy atom. The molecule has 23 heavy (non-hydrogen) atoms. The van der Waals surface area contributed by atoms with Crippen LogP contribution in [0.4, 0.5) is 5.69 Å². The summed E-state index contributed by atoms with van der Waals surface area (Å²) >= 11 is 2.24. The van der Waals surface area contributed by atoms with E-state index in [-0.39, 0.29) is 5.91 Å². The molecule has 0 unspecified atom stereocenters. The molecule has 122 valence electrons. The lowest BCUT2D eigenvalue weighted by atomic mass is 10.1. The molecule has 0 aliphatic carbocycles. The average molecular weight is 423 g/mol. The van der Waals surface area contributed by atoms with Gasteiger partial charge in [-0.1, -0.05) is 26.0 Å². The Morgan fingerprint density at radius 2 is 2.00 bits per heavy atom. The summed E-state index contributed by atoms with van der Waals surface area (Å²) in [5.41, 5.74) is 2.57. The number of carbonyl (C=O) groups excluding carboxylic acids is 1. The fraction of sp³-hybridized carbons (Fsp3) is 0.316. The largest absolute Gasteiger partial charge is 0.494 e. The first kappa shape index (κ1) is 17.8. The predicted molar refractivity (Wildman–Crippen MR) is 103 cm³/mol. The number of anilines is 1. The summed E-state index contributed by atoms with van der Waals surface area (Å²) in [6.07, 6.45) is 1.01. The van der Waals surface area contributed by atoms with Gasteiger partial charge in [-0.25, -0.2) is 0 Å². The summed E-state index contributed by atoms with van der Waals surface area (Å²) in [5, 5.41) is 2.92. The SMILES string of the molecule is Cc1ccc(C(=O)Nc2cccc(OCCC(C)C)c2)cc1I. The van der Waals surface area contributed by atoms with Crippen LogP contribution < -0.4 is 10.1 Å². The topological polar surface area (TPSA) is 38.3 Å². The van der Waals surface area contributed by atoms with Crippen molar-refractivity contribution in [3.8, 4) is 5.75 Å². The first-order valence-electron chi connectivity index (χ1n) is 7.76. The van der Waals surface area contributed by atoms with Crippen LogP contribution in [0.15, 0.2) is 42.5 Å². The first-order valence-corrected chi connectivity index (χ1v) is 8.84. The number of benzene rings is 2. The molecule has 0 saturated carbocycles. The second kappa shape index (κ2) is 8.34. The monoisotopic (exact) mass is 423 g/mol. The highest BCUT2D eigenvalue weighted by molar-refractivity contribution is 14.1. The molecule has 4 heteroatoms. The minimum atomic E-state index is -0.109.